The van der Waals surface area contributed by atoms with E-state index in [1.165, 1.54) is 7.11 Å². The van der Waals surface area contributed by atoms with Crippen molar-refractivity contribution in [2.75, 3.05) is 7.11 Å². The Morgan fingerprint density at radius 1 is 1.35 bits per heavy atom. The van der Waals surface area contributed by atoms with E-state index in [1.54, 1.807) is 0 Å². The fourth-order valence-corrected chi connectivity index (χ4v) is 2.34. The molecule has 0 fully saturated rings. The van der Waals surface area contributed by atoms with Crippen molar-refractivity contribution in [1.82, 2.24) is 5.32 Å². The van der Waals surface area contributed by atoms with Gasteiger partial charge in [-0.3, -0.25) is 4.79 Å². The zero-order valence-electron chi connectivity index (χ0n) is 13.1. The highest BCUT2D eigenvalue weighted by atomic mass is 16.6. The van der Waals surface area contributed by atoms with Crippen molar-refractivity contribution in [2.45, 2.75) is 52.7 Å². The van der Waals surface area contributed by atoms with Crippen molar-refractivity contribution >= 4 is 12.1 Å². The van der Waals surface area contributed by atoms with Crippen molar-refractivity contribution in [1.29, 1.82) is 0 Å². The van der Waals surface area contributed by atoms with Gasteiger partial charge in [0, 0.05) is 0 Å². The predicted molar refractivity (Wildman–Crippen MR) is 76.2 cm³/mol. The minimum absolute atomic E-state index is 0.189. The third kappa shape index (κ3) is 4.54. The van der Waals surface area contributed by atoms with Gasteiger partial charge < -0.3 is 14.8 Å². The van der Waals surface area contributed by atoms with Crippen LogP contribution >= 0.6 is 0 Å². The van der Waals surface area contributed by atoms with E-state index in [1.807, 2.05) is 40.7 Å². The molecule has 20 heavy (non-hydrogen) atoms. The van der Waals surface area contributed by atoms with Crippen LogP contribution in [0.1, 0.15) is 41.0 Å². The van der Waals surface area contributed by atoms with Gasteiger partial charge in [0.25, 0.3) is 0 Å². The van der Waals surface area contributed by atoms with Crippen LogP contribution in [0.5, 0.6) is 0 Å². The third-order valence-corrected chi connectivity index (χ3v) is 3.14. The number of alkyl carbamates (subject to hydrolysis) is 1. The smallest absolute Gasteiger partial charge is 0.408 e. The molecule has 5 heteroatoms. The number of hydrogen-bond donors (Lipinski definition) is 1. The topological polar surface area (TPSA) is 64.6 Å². The first-order valence-electron chi connectivity index (χ1n) is 6.93. The van der Waals surface area contributed by atoms with Gasteiger partial charge in [0.05, 0.1) is 19.1 Å². The maximum Gasteiger partial charge on any atom is 0.408 e. The first-order valence-corrected chi connectivity index (χ1v) is 6.93. The van der Waals surface area contributed by atoms with E-state index in [0.29, 0.717) is 6.42 Å². The van der Waals surface area contributed by atoms with E-state index >= 15 is 0 Å². The summed E-state index contributed by atoms with van der Waals surface area (Å²) < 4.78 is 10.0. The lowest BCUT2D eigenvalue weighted by atomic mass is 9.92. The van der Waals surface area contributed by atoms with Crippen LogP contribution < -0.4 is 5.32 Å². The standard InChI is InChI=1S/C15H25NO4/c1-9(2)11-7-10(8-12(11)13(17)19-6)16-14(18)20-15(3,4)5/h7,9-10,12H,8H2,1-6H3,(H,16,18)/t10-,12-/m1/s1. The summed E-state index contributed by atoms with van der Waals surface area (Å²) in [5.41, 5.74) is 0.479. The predicted octanol–water partition coefficient (Wildman–Crippen LogP) is 2.66. The van der Waals surface area contributed by atoms with E-state index in [2.05, 4.69) is 5.32 Å². The number of hydrogen-bond acceptors (Lipinski definition) is 4. The second-order valence-electron chi connectivity index (χ2n) is 6.39. The molecule has 0 unspecified atom stereocenters. The average Bonchev–Trinajstić information content (AvgIpc) is 2.69. The number of esters is 1. The lowest BCUT2D eigenvalue weighted by molar-refractivity contribution is -0.144. The van der Waals surface area contributed by atoms with Gasteiger partial charge >= 0.3 is 12.1 Å². The number of carbonyl (C=O) groups is 2. The second-order valence-corrected chi connectivity index (χ2v) is 6.39. The Hall–Kier alpha value is -1.52. The Morgan fingerprint density at radius 3 is 2.40 bits per heavy atom. The maximum absolute atomic E-state index is 11.8. The molecular formula is C15H25NO4. The highest BCUT2D eigenvalue weighted by Gasteiger charge is 2.35. The molecule has 2 atom stereocenters. The van der Waals surface area contributed by atoms with Gasteiger partial charge in [0.2, 0.25) is 0 Å². The Morgan fingerprint density at radius 2 is 1.95 bits per heavy atom. The second kappa shape index (κ2) is 6.29. The molecule has 1 rings (SSSR count). The van der Waals surface area contributed by atoms with Crippen molar-refractivity contribution in [3.05, 3.63) is 11.6 Å². The molecule has 0 saturated heterocycles. The van der Waals surface area contributed by atoms with E-state index in [0.717, 1.165) is 5.57 Å². The molecule has 1 aliphatic rings. The van der Waals surface area contributed by atoms with Gasteiger partial charge in [-0.2, -0.15) is 0 Å². The van der Waals surface area contributed by atoms with Crippen LogP contribution in [0.15, 0.2) is 11.6 Å². The van der Waals surface area contributed by atoms with Gasteiger partial charge in [-0.15, -0.1) is 0 Å². The van der Waals surface area contributed by atoms with Crippen LogP contribution in [-0.4, -0.2) is 30.8 Å². The normalized spacial score (nSPS) is 22.4. The Labute approximate surface area is 120 Å². The third-order valence-electron chi connectivity index (χ3n) is 3.14. The molecule has 114 valence electrons. The quantitative estimate of drug-likeness (QED) is 0.639. The highest BCUT2D eigenvalue weighted by molar-refractivity contribution is 5.77. The molecule has 0 aromatic heterocycles. The van der Waals surface area contributed by atoms with Crippen LogP contribution in [0.2, 0.25) is 0 Å². The zero-order valence-corrected chi connectivity index (χ0v) is 13.1. The molecule has 0 radical (unpaired) electrons. The molecule has 0 heterocycles. The maximum atomic E-state index is 11.8. The van der Waals surface area contributed by atoms with E-state index in [4.69, 9.17) is 9.47 Å². The van der Waals surface area contributed by atoms with Crippen LogP contribution in [-0.2, 0) is 14.3 Å². The Bertz CT molecular complexity index is 407. The number of nitrogens with one attached hydrogen (secondary N) is 1. The molecule has 0 aromatic rings. The fourth-order valence-electron chi connectivity index (χ4n) is 2.34. The van der Waals surface area contributed by atoms with Crippen molar-refractivity contribution < 1.29 is 19.1 Å². The van der Waals surface area contributed by atoms with Gasteiger partial charge in [-0.1, -0.05) is 25.5 Å². The number of carbonyl (C=O) groups excluding carboxylic acids is 2. The minimum atomic E-state index is -0.533. The number of amides is 1. The number of methoxy groups -OCH3 is 1. The molecule has 0 aromatic carbocycles. The summed E-state index contributed by atoms with van der Waals surface area (Å²) in [4.78, 5) is 23.5. The first-order chi connectivity index (χ1) is 9.14. The summed E-state index contributed by atoms with van der Waals surface area (Å²) in [6.45, 7) is 9.49. The zero-order chi connectivity index (χ0) is 15.5. The molecule has 1 N–H and O–H groups in total. The average molecular weight is 283 g/mol. The molecule has 1 amide bonds. The van der Waals surface area contributed by atoms with Gasteiger partial charge in [0.1, 0.15) is 5.60 Å². The van der Waals surface area contributed by atoms with Crippen LogP contribution in [0, 0.1) is 11.8 Å². The molecule has 0 spiro atoms. The highest BCUT2D eigenvalue weighted by Crippen LogP contribution is 2.32. The van der Waals surface area contributed by atoms with Crippen molar-refractivity contribution in [3.8, 4) is 0 Å². The van der Waals surface area contributed by atoms with Gasteiger partial charge in [-0.25, -0.2) is 4.79 Å². The summed E-state index contributed by atoms with van der Waals surface area (Å²) in [6, 6.07) is -0.189. The summed E-state index contributed by atoms with van der Waals surface area (Å²) in [5, 5.41) is 2.78. The van der Waals surface area contributed by atoms with Gasteiger partial charge in [-0.05, 0) is 33.1 Å². The lowest BCUT2D eigenvalue weighted by Gasteiger charge is -2.21. The fraction of sp³-hybridized carbons (Fsp3) is 0.733. The van der Waals surface area contributed by atoms with E-state index in [-0.39, 0.29) is 23.8 Å². The summed E-state index contributed by atoms with van der Waals surface area (Å²) in [6.07, 6.45) is 2.00. The largest absolute Gasteiger partial charge is 0.469 e. The summed E-state index contributed by atoms with van der Waals surface area (Å²) in [7, 11) is 1.38. The SMILES string of the molecule is COC(=O)[C@@H]1C[C@H](NC(=O)OC(C)(C)C)C=C1C(C)C. The van der Waals surface area contributed by atoms with E-state index in [9.17, 15) is 9.59 Å². The van der Waals surface area contributed by atoms with Crippen molar-refractivity contribution in [3.63, 3.8) is 0 Å². The van der Waals surface area contributed by atoms with E-state index < -0.39 is 11.7 Å². The molecular weight excluding hydrogens is 258 g/mol. The molecule has 0 aliphatic heterocycles. The van der Waals surface area contributed by atoms with Crippen LogP contribution in [0.4, 0.5) is 4.79 Å². The van der Waals surface area contributed by atoms with Crippen molar-refractivity contribution in [2.24, 2.45) is 11.8 Å². The molecule has 1 aliphatic carbocycles. The number of ether oxygens (including phenoxy) is 2. The summed E-state index contributed by atoms with van der Waals surface area (Å²) >= 11 is 0. The van der Waals surface area contributed by atoms with Gasteiger partial charge in [0.15, 0.2) is 0 Å². The summed E-state index contributed by atoms with van der Waals surface area (Å²) in [5.74, 6) is -0.289. The monoisotopic (exact) mass is 283 g/mol. The van der Waals surface area contributed by atoms with Crippen LogP contribution in [0.3, 0.4) is 0 Å². The first kappa shape index (κ1) is 16.5. The lowest BCUT2D eigenvalue weighted by Crippen LogP contribution is -2.38. The number of rotatable bonds is 3. The Balaban J connectivity index is 2.70. The molecule has 0 saturated carbocycles. The van der Waals surface area contributed by atoms with Crippen LogP contribution in [0.25, 0.3) is 0 Å². The Kier molecular flexibility index (Phi) is 5.20. The molecule has 5 nitrogen and oxygen atoms in total. The molecule has 0 bridgehead atoms. The minimum Gasteiger partial charge on any atom is -0.469 e.